The molecule has 1 aromatic carbocycles. The first-order valence-corrected chi connectivity index (χ1v) is 5.13. The molecule has 0 saturated carbocycles. The largest absolute Gasteiger partial charge is 0.342 e. The van der Waals surface area contributed by atoms with Gasteiger partial charge in [0.05, 0.1) is 11.0 Å². The summed E-state index contributed by atoms with van der Waals surface area (Å²) in [5.74, 6) is 1.39. The van der Waals surface area contributed by atoms with E-state index in [4.69, 9.17) is 0 Å². The van der Waals surface area contributed by atoms with Crippen LogP contribution in [0.25, 0.3) is 11.0 Å². The lowest BCUT2D eigenvalue weighted by atomic mass is 10.1. The summed E-state index contributed by atoms with van der Waals surface area (Å²) in [6.45, 7) is 4.20. The van der Waals surface area contributed by atoms with Crippen molar-refractivity contribution in [1.29, 1.82) is 0 Å². The second-order valence-electron chi connectivity index (χ2n) is 4.00. The Morgan fingerprint density at radius 2 is 2.27 bits per heavy atom. The van der Waals surface area contributed by atoms with E-state index >= 15 is 0 Å². The number of nitrogens with zero attached hydrogens (tertiary/aromatic N) is 1. The molecule has 0 radical (unpaired) electrons. The first-order valence-electron chi connectivity index (χ1n) is 5.13. The lowest BCUT2D eigenvalue weighted by Crippen LogP contribution is -1.88. The van der Waals surface area contributed by atoms with Crippen molar-refractivity contribution >= 4 is 17.3 Å². The molecule has 0 bridgehead atoms. The van der Waals surface area contributed by atoms with Crippen molar-refractivity contribution in [3.8, 4) is 0 Å². The maximum Gasteiger partial charge on any atom is 0.124 e. The second kappa shape index (κ2) is 3.85. The zero-order valence-electron chi connectivity index (χ0n) is 8.95. The number of fused-ring (bicyclic) bond motifs is 1. The number of benzene rings is 1. The SMILES string of the molecule is CC(C)c1nc2ccc(CC=O)cc2[nH]1. The number of H-pyrrole nitrogens is 1. The molecule has 0 aliphatic carbocycles. The fourth-order valence-electron chi connectivity index (χ4n) is 1.57. The van der Waals surface area contributed by atoms with Gasteiger partial charge in [-0.3, -0.25) is 0 Å². The molecular formula is C12H14N2O. The summed E-state index contributed by atoms with van der Waals surface area (Å²) in [6.07, 6.45) is 1.38. The maximum atomic E-state index is 10.4. The van der Waals surface area contributed by atoms with E-state index in [0.29, 0.717) is 12.3 Å². The number of hydrogen-bond donors (Lipinski definition) is 1. The fourth-order valence-corrected chi connectivity index (χ4v) is 1.57. The van der Waals surface area contributed by atoms with E-state index in [1.54, 1.807) is 0 Å². The van der Waals surface area contributed by atoms with Crippen LogP contribution in [0.4, 0.5) is 0 Å². The molecule has 0 unspecified atom stereocenters. The molecule has 15 heavy (non-hydrogen) atoms. The summed E-state index contributed by atoms with van der Waals surface area (Å²) in [6, 6.07) is 5.89. The monoisotopic (exact) mass is 202 g/mol. The van der Waals surface area contributed by atoms with E-state index in [1.807, 2.05) is 18.2 Å². The van der Waals surface area contributed by atoms with E-state index in [1.165, 1.54) is 0 Å². The predicted molar refractivity (Wildman–Crippen MR) is 60.0 cm³/mol. The lowest BCUT2D eigenvalue weighted by Gasteiger charge is -1.96. The molecule has 78 valence electrons. The van der Waals surface area contributed by atoms with Crippen molar-refractivity contribution in [1.82, 2.24) is 9.97 Å². The van der Waals surface area contributed by atoms with Gasteiger partial charge in [0.15, 0.2) is 0 Å². The summed E-state index contributed by atoms with van der Waals surface area (Å²) in [7, 11) is 0. The van der Waals surface area contributed by atoms with Gasteiger partial charge < -0.3 is 9.78 Å². The minimum absolute atomic E-state index is 0.395. The summed E-state index contributed by atoms with van der Waals surface area (Å²) in [5, 5.41) is 0. The number of rotatable bonds is 3. The highest BCUT2D eigenvalue weighted by atomic mass is 16.1. The zero-order chi connectivity index (χ0) is 10.8. The molecule has 0 aliphatic rings. The Labute approximate surface area is 88.5 Å². The third-order valence-corrected chi connectivity index (χ3v) is 2.43. The van der Waals surface area contributed by atoms with Gasteiger partial charge in [0, 0.05) is 12.3 Å². The molecule has 0 amide bonds. The Morgan fingerprint density at radius 3 is 2.93 bits per heavy atom. The van der Waals surface area contributed by atoms with E-state index in [2.05, 4.69) is 23.8 Å². The topological polar surface area (TPSA) is 45.8 Å². The van der Waals surface area contributed by atoms with Gasteiger partial charge in [0.2, 0.25) is 0 Å². The van der Waals surface area contributed by atoms with Crippen LogP contribution in [0.5, 0.6) is 0 Å². The predicted octanol–water partition coefficient (Wildman–Crippen LogP) is 2.43. The van der Waals surface area contributed by atoms with E-state index < -0.39 is 0 Å². The van der Waals surface area contributed by atoms with Crippen LogP contribution in [0.15, 0.2) is 18.2 Å². The number of imidazole rings is 1. The number of aromatic nitrogens is 2. The first-order chi connectivity index (χ1) is 7.20. The van der Waals surface area contributed by atoms with Crippen LogP contribution < -0.4 is 0 Å². The number of nitrogens with one attached hydrogen (secondary N) is 1. The molecule has 1 aromatic heterocycles. The Morgan fingerprint density at radius 1 is 1.47 bits per heavy atom. The van der Waals surface area contributed by atoms with Crippen molar-refractivity contribution in [2.75, 3.05) is 0 Å². The summed E-state index contributed by atoms with van der Waals surface area (Å²) in [4.78, 5) is 18.1. The van der Waals surface area contributed by atoms with Crippen molar-refractivity contribution in [2.45, 2.75) is 26.2 Å². The van der Waals surface area contributed by atoms with Crippen LogP contribution in [-0.4, -0.2) is 16.3 Å². The third-order valence-electron chi connectivity index (χ3n) is 2.43. The van der Waals surface area contributed by atoms with Gasteiger partial charge in [-0.15, -0.1) is 0 Å². The highest BCUT2D eigenvalue weighted by Gasteiger charge is 2.06. The zero-order valence-corrected chi connectivity index (χ0v) is 8.95. The standard InChI is InChI=1S/C12H14N2O/c1-8(2)12-13-10-4-3-9(5-6-15)7-11(10)14-12/h3-4,6-8H,5H2,1-2H3,(H,13,14). The number of aromatic amines is 1. The van der Waals surface area contributed by atoms with Crippen LogP contribution in [-0.2, 0) is 11.2 Å². The molecule has 0 saturated heterocycles. The minimum Gasteiger partial charge on any atom is -0.342 e. The smallest absolute Gasteiger partial charge is 0.124 e. The van der Waals surface area contributed by atoms with Gasteiger partial charge in [0.1, 0.15) is 12.1 Å². The van der Waals surface area contributed by atoms with E-state index in [-0.39, 0.29) is 0 Å². The molecule has 2 aromatic rings. The van der Waals surface area contributed by atoms with Crippen LogP contribution in [0.3, 0.4) is 0 Å². The Bertz CT molecular complexity index is 485. The molecule has 3 nitrogen and oxygen atoms in total. The van der Waals surface area contributed by atoms with Crippen LogP contribution in [0.1, 0.15) is 31.2 Å². The molecular weight excluding hydrogens is 188 g/mol. The van der Waals surface area contributed by atoms with Gasteiger partial charge in [-0.1, -0.05) is 19.9 Å². The Balaban J connectivity index is 2.47. The highest BCUT2D eigenvalue weighted by Crippen LogP contribution is 2.18. The van der Waals surface area contributed by atoms with Crippen LogP contribution in [0.2, 0.25) is 0 Å². The number of hydrogen-bond acceptors (Lipinski definition) is 2. The van der Waals surface area contributed by atoms with Crippen molar-refractivity contribution in [2.24, 2.45) is 0 Å². The summed E-state index contributed by atoms with van der Waals surface area (Å²) < 4.78 is 0. The molecule has 0 atom stereocenters. The maximum absolute atomic E-state index is 10.4. The van der Waals surface area contributed by atoms with Gasteiger partial charge in [-0.05, 0) is 17.7 Å². The number of carbonyl (C=O) groups is 1. The van der Waals surface area contributed by atoms with Gasteiger partial charge in [0.25, 0.3) is 0 Å². The second-order valence-corrected chi connectivity index (χ2v) is 4.00. The average Bonchev–Trinajstić information content (AvgIpc) is 2.61. The lowest BCUT2D eigenvalue weighted by molar-refractivity contribution is -0.107. The highest BCUT2D eigenvalue weighted by molar-refractivity contribution is 5.76. The molecule has 0 spiro atoms. The molecule has 2 rings (SSSR count). The minimum atomic E-state index is 0.395. The summed E-state index contributed by atoms with van der Waals surface area (Å²) >= 11 is 0. The number of aldehydes is 1. The Kier molecular flexibility index (Phi) is 2.54. The average molecular weight is 202 g/mol. The molecule has 1 N–H and O–H groups in total. The third kappa shape index (κ3) is 1.91. The van der Waals surface area contributed by atoms with Gasteiger partial charge >= 0.3 is 0 Å². The van der Waals surface area contributed by atoms with Crippen molar-refractivity contribution in [3.63, 3.8) is 0 Å². The quantitative estimate of drug-likeness (QED) is 0.777. The Hall–Kier alpha value is -1.64. The first kappa shape index (κ1) is 9.90. The fraction of sp³-hybridized carbons (Fsp3) is 0.333. The van der Waals surface area contributed by atoms with E-state index in [9.17, 15) is 4.79 Å². The summed E-state index contributed by atoms with van der Waals surface area (Å²) in [5.41, 5.74) is 3.00. The molecule has 0 fully saturated rings. The van der Waals surface area contributed by atoms with Crippen LogP contribution >= 0.6 is 0 Å². The van der Waals surface area contributed by atoms with Gasteiger partial charge in [-0.25, -0.2) is 4.98 Å². The van der Waals surface area contributed by atoms with E-state index in [0.717, 1.165) is 28.7 Å². The molecule has 1 heterocycles. The van der Waals surface area contributed by atoms with Gasteiger partial charge in [-0.2, -0.15) is 0 Å². The van der Waals surface area contributed by atoms with Crippen molar-refractivity contribution < 1.29 is 4.79 Å². The van der Waals surface area contributed by atoms with Crippen LogP contribution in [0, 0.1) is 0 Å². The van der Waals surface area contributed by atoms with Crippen molar-refractivity contribution in [3.05, 3.63) is 29.6 Å². The molecule has 0 aliphatic heterocycles. The number of carbonyl (C=O) groups excluding carboxylic acids is 1. The molecule has 3 heteroatoms. The normalized spacial score (nSPS) is 11.1.